The second kappa shape index (κ2) is 11.1. The Kier molecular flexibility index (Phi) is 7.73. The number of carbonyl (C=O) groups excluding carboxylic acids is 2. The first-order chi connectivity index (χ1) is 17.8. The number of amides is 1. The summed E-state index contributed by atoms with van der Waals surface area (Å²) in [6, 6.07) is 17.4. The molecule has 37 heavy (non-hydrogen) atoms. The van der Waals surface area contributed by atoms with Gasteiger partial charge in [-0.25, -0.2) is 0 Å². The molecule has 8 nitrogen and oxygen atoms in total. The summed E-state index contributed by atoms with van der Waals surface area (Å²) in [5, 5.41) is 14.2. The molecule has 190 valence electrons. The topological polar surface area (TPSA) is 128 Å². The molecule has 0 fully saturated rings. The number of nitriles is 1. The molecule has 4 aromatic rings. The van der Waals surface area contributed by atoms with Crippen molar-refractivity contribution in [3.8, 4) is 11.8 Å². The van der Waals surface area contributed by atoms with Crippen molar-refractivity contribution in [2.45, 2.75) is 39.2 Å². The molecule has 0 radical (unpaired) electrons. The van der Waals surface area contributed by atoms with Crippen LogP contribution in [0.4, 0.5) is 0 Å². The number of nitrogens with zero attached hydrogens (tertiary/aromatic N) is 1. The molecule has 2 heterocycles. The van der Waals surface area contributed by atoms with Gasteiger partial charge in [-0.05, 0) is 42.2 Å². The average Bonchev–Trinajstić information content (AvgIpc) is 3.32. The van der Waals surface area contributed by atoms with Gasteiger partial charge < -0.3 is 20.0 Å². The van der Waals surface area contributed by atoms with E-state index < -0.39 is 12.0 Å². The number of aromatic amines is 2. The number of para-hydroxylation sites is 1. The number of fused-ring (bicyclic) bond motifs is 2. The Labute approximate surface area is 214 Å². The Balaban J connectivity index is 1.52. The Bertz CT molecular complexity index is 1540. The summed E-state index contributed by atoms with van der Waals surface area (Å²) in [6.45, 7) is 3.98. The van der Waals surface area contributed by atoms with Crippen LogP contribution in [0.2, 0.25) is 0 Å². The molecule has 0 saturated heterocycles. The number of hydrogen-bond acceptors (Lipinski definition) is 5. The Morgan fingerprint density at radius 3 is 2.49 bits per heavy atom. The summed E-state index contributed by atoms with van der Waals surface area (Å²) in [5.41, 5.74) is 2.27. The van der Waals surface area contributed by atoms with Crippen LogP contribution in [-0.4, -0.2) is 34.8 Å². The molecule has 1 amide bonds. The zero-order valence-electron chi connectivity index (χ0n) is 21.1. The van der Waals surface area contributed by atoms with E-state index in [0.29, 0.717) is 28.9 Å². The third-order valence-corrected chi connectivity index (χ3v) is 6.44. The lowest BCUT2D eigenvalue weighted by Crippen LogP contribution is -2.40. The van der Waals surface area contributed by atoms with E-state index in [1.807, 2.05) is 50.2 Å². The number of rotatable bonds is 10. The van der Waals surface area contributed by atoms with Crippen molar-refractivity contribution in [2.24, 2.45) is 11.8 Å². The first-order valence-corrected chi connectivity index (χ1v) is 12.3. The molecule has 8 heteroatoms. The first-order valence-electron chi connectivity index (χ1n) is 12.3. The second-order valence-electron chi connectivity index (χ2n) is 9.66. The number of H-pyrrole nitrogens is 2. The standard InChI is InChI=1S/C29H30N4O4/c1-17(2)11-19(13-26(34)25-15-22-24(32-25)9-6-10-27(22)37-3)29(36)31-20(16-30)12-18-14-28(35)33-23-8-5-4-7-21(18)23/h4-10,14-15,17,19-20,32H,11-13H2,1-3H3,(H,31,36)(H,33,35)/t19-,20?/m1/s1. The second-order valence-corrected chi connectivity index (χ2v) is 9.66. The number of hydrogen-bond donors (Lipinski definition) is 3. The molecule has 0 aliphatic heterocycles. The van der Waals surface area contributed by atoms with Crippen LogP contribution in [-0.2, 0) is 11.2 Å². The van der Waals surface area contributed by atoms with Gasteiger partial charge in [-0.2, -0.15) is 5.26 Å². The van der Waals surface area contributed by atoms with E-state index in [2.05, 4.69) is 21.4 Å². The summed E-state index contributed by atoms with van der Waals surface area (Å²) in [4.78, 5) is 44.5. The van der Waals surface area contributed by atoms with Gasteiger partial charge in [0.25, 0.3) is 0 Å². The number of pyridine rings is 1. The van der Waals surface area contributed by atoms with E-state index in [0.717, 1.165) is 16.3 Å². The van der Waals surface area contributed by atoms with Crippen molar-refractivity contribution in [2.75, 3.05) is 7.11 Å². The van der Waals surface area contributed by atoms with Gasteiger partial charge in [0.1, 0.15) is 11.8 Å². The van der Waals surface area contributed by atoms with Gasteiger partial charge in [0.15, 0.2) is 5.78 Å². The third kappa shape index (κ3) is 5.89. The van der Waals surface area contributed by atoms with Crippen LogP contribution in [0.3, 0.4) is 0 Å². The minimum absolute atomic E-state index is 0.00519. The number of carbonyl (C=O) groups is 2. The molecule has 2 aromatic carbocycles. The molecular weight excluding hydrogens is 468 g/mol. The van der Waals surface area contributed by atoms with Crippen LogP contribution in [0, 0.1) is 23.2 Å². The molecule has 0 spiro atoms. The molecule has 3 N–H and O–H groups in total. The quantitative estimate of drug-likeness (QED) is 0.277. The van der Waals surface area contributed by atoms with Crippen molar-refractivity contribution in [3.05, 3.63) is 76.2 Å². The van der Waals surface area contributed by atoms with E-state index in [9.17, 15) is 19.6 Å². The maximum absolute atomic E-state index is 13.3. The summed E-state index contributed by atoms with van der Waals surface area (Å²) in [6.07, 6.45) is 0.676. The number of ketones is 1. The molecule has 0 saturated carbocycles. The van der Waals surface area contributed by atoms with Crippen LogP contribution in [0.5, 0.6) is 5.75 Å². The van der Waals surface area contributed by atoms with Crippen molar-refractivity contribution in [1.82, 2.24) is 15.3 Å². The third-order valence-electron chi connectivity index (χ3n) is 6.44. The maximum atomic E-state index is 13.3. The monoisotopic (exact) mass is 498 g/mol. The van der Waals surface area contributed by atoms with Crippen LogP contribution >= 0.6 is 0 Å². The summed E-state index contributed by atoms with van der Waals surface area (Å²) in [7, 11) is 1.58. The highest BCUT2D eigenvalue weighted by molar-refractivity contribution is 6.02. The number of nitrogens with one attached hydrogen (secondary N) is 3. The fourth-order valence-electron chi connectivity index (χ4n) is 4.73. The Hall–Kier alpha value is -4.38. The van der Waals surface area contributed by atoms with Gasteiger partial charge >= 0.3 is 0 Å². The number of aromatic nitrogens is 2. The van der Waals surface area contributed by atoms with Gasteiger partial charge in [0, 0.05) is 46.6 Å². The highest BCUT2D eigenvalue weighted by Gasteiger charge is 2.27. The van der Waals surface area contributed by atoms with E-state index in [1.165, 1.54) is 6.07 Å². The molecule has 0 aliphatic carbocycles. The van der Waals surface area contributed by atoms with Crippen molar-refractivity contribution < 1.29 is 14.3 Å². The predicted octanol–water partition coefficient (Wildman–Crippen LogP) is 4.50. The predicted molar refractivity (Wildman–Crippen MR) is 143 cm³/mol. The zero-order chi connectivity index (χ0) is 26.5. The van der Waals surface area contributed by atoms with E-state index in [1.54, 1.807) is 19.2 Å². The highest BCUT2D eigenvalue weighted by atomic mass is 16.5. The summed E-state index contributed by atoms with van der Waals surface area (Å²) < 4.78 is 5.38. The Morgan fingerprint density at radius 2 is 1.76 bits per heavy atom. The van der Waals surface area contributed by atoms with E-state index >= 15 is 0 Å². The van der Waals surface area contributed by atoms with Gasteiger partial charge in [-0.3, -0.25) is 14.4 Å². The normalized spacial score (nSPS) is 12.8. The number of benzene rings is 2. The largest absolute Gasteiger partial charge is 0.496 e. The van der Waals surface area contributed by atoms with Gasteiger partial charge in [0.05, 0.1) is 18.9 Å². The van der Waals surface area contributed by atoms with Gasteiger partial charge in [0.2, 0.25) is 11.5 Å². The lowest BCUT2D eigenvalue weighted by atomic mass is 9.90. The van der Waals surface area contributed by atoms with Gasteiger partial charge in [-0.15, -0.1) is 0 Å². The molecule has 1 unspecified atom stereocenters. The summed E-state index contributed by atoms with van der Waals surface area (Å²) in [5.74, 6) is -0.311. The highest BCUT2D eigenvalue weighted by Crippen LogP contribution is 2.27. The van der Waals surface area contributed by atoms with E-state index in [-0.39, 0.29) is 36.0 Å². The van der Waals surface area contributed by atoms with Gasteiger partial charge in [-0.1, -0.05) is 38.1 Å². The summed E-state index contributed by atoms with van der Waals surface area (Å²) >= 11 is 0. The lowest BCUT2D eigenvalue weighted by molar-refractivity contribution is -0.125. The fourth-order valence-corrected chi connectivity index (χ4v) is 4.73. The SMILES string of the molecule is COc1cccc2[nH]c(C(=O)C[C@@H](CC(C)C)C(=O)NC(C#N)Cc3cc(=O)[nH]c4ccccc34)cc12. The van der Waals surface area contributed by atoms with Crippen molar-refractivity contribution in [1.29, 1.82) is 5.26 Å². The molecule has 0 bridgehead atoms. The lowest BCUT2D eigenvalue weighted by Gasteiger charge is -2.20. The zero-order valence-corrected chi connectivity index (χ0v) is 21.1. The van der Waals surface area contributed by atoms with Crippen LogP contribution in [0.25, 0.3) is 21.8 Å². The molecule has 2 atom stereocenters. The molecule has 2 aromatic heterocycles. The minimum atomic E-state index is -0.847. The molecule has 4 rings (SSSR count). The van der Waals surface area contributed by atoms with Crippen LogP contribution < -0.4 is 15.6 Å². The van der Waals surface area contributed by atoms with Crippen LogP contribution in [0.1, 0.15) is 42.7 Å². The first kappa shape index (κ1) is 25.7. The van der Waals surface area contributed by atoms with Crippen LogP contribution in [0.15, 0.2) is 59.4 Å². The average molecular weight is 499 g/mol. The van der Waals surface area contributed by atoms with Crippen molar-refractivity contribution >= 4 is 33.5 Å². The fraction of sp³-hybridized carbons (Fsp3) is 0.310. The van der Waals surface area contributed by atoms with E-state index in [4.69, 9.17) is 4.74 Å². The molecule has 0 aliphatic rings. The minimum Gasteiger partial charge on any atom is -0.496 e. The Morgan fingerprint density at radius 1 is 1.03 bits per heavy atom. The maximum Gasteiger partial charge on any atom is 0.248 e. The number of methoxy groups -OCH3 is 1. The number of ether oxygens (including phenoxy) is 1. The number of Topliss-reactive ketones (excluding diaryl/α,β-unsaturated/α-hetero) is 1. The van der Waals surface area contributed by atoms with Crippen molar-refractivity contribution in [3.63, 3.8) is 0 Å². The smallest absolute Gasteiger partial charge is 0.248 e. The molecular formula is C29H30N4O4.